The molecule has 2 aromatic rings. The molecule has 0 unspecified atom stereocenters. The summed E-state index contributed by atoms with van der Waals surface area (Å²) >= 11 is 1.41. The molecule has 32 heavy (non-hydrogen) atoms. The summed E-state index contributed by atoms with van der Waals surface area (Å²) in [7, 11) is 0. The number of thioether (sulfide) groups is 1. The number of carbonyl (C=O) groups is 1. The van der Waals surface area contributed by atoms with Crippen LogP contribution < -0.4 is 4.90 Å². The average molecular weight is 450 g/mol. The van der Waals surface area contributed by atoms with Crippen LogP contribution in [0.3, 0.4) is 0 Å². The molecule has 4 nitrogen and oxygen atoms in total. The van der Waals surface area contributed by atoms with E-state index in [9.17, 15) is 9.18 Å². The maximum absolute atomic E-state index is 14.0. The second-order valence-electron chi connectivity index (χ2n) is 8.99. The van der Waals surface area contributed by atoms with Gasteiger partial charge in [-0.15, -0.1) is 0 Å². The lowest BCUT2D eigenvalue weighted by Gasteiger charge is -2.36. The molecule has 2 aliphatic heterocycles. The second kappa shape index (κ2) is 9.33. The lowest BCUT2D eigenvalue weighted by molar-refractivity contribution is -0.113. The maximum atomic E-state index is 14.0. The Morgan fingerprint density at radius 2 is 1.62 bits per heavy atom. The van der Waals surface area contributed by atoms with E-state index in [1.54, 1.807) is 12.1 Å². The first kappa shape index (κ1) is 22.3. The van der Waals surface area contributed by atoms with Gasteiger partial charge < -0.3 is 9.80 Å². The predicted molar refractivity (Wildman–Crippen MR) is 132 cm³/mol. The molecule has 2 aromatic carbocycles. The van der Waals surface area contributed by atoms with E-state index in [0.717, 1.165) is 10.7 Å². The number of anilines is 1. The summed E-state index contributed by atoms with van der Waals surface area (Å²) in [4.78, 5) is 21.4. The number of allylic oxidation sites excluding steroid dienone is 2. The number of piperazine rings is 1. The van der Waals surface area contributed by atoms with E-state index in [4.69, 9.17) is 0 Å². The molecular weight excluding hydrogens is 421 g/mol. The molecule has 0 atom stereocenters. The van der Waals surface area contributed by atoms with E-state index >= 15 is 0 Å². The van der Waals surface area contributed by atoms with Crippen LogP contribution in [0, 0.1) is 5.82 Å². The van der Waals surface area contributed by atoms with Gasteiger partial charge in [-0.05, 0) is 46.5 Å². The molecule has 6 heteroatoms. The zero-order valence-electron chi connectivity index (χ0n) is 18.7. The van der Waals surface area contributed by atoms with E-state index in [0.29, 0.717) is 36.8 Å². The zero-order valence-corrected chi connectivity index (χ0v) is 19.5. The molecule has 0 saturated carbocycles. The van der Waals surface area contributed by atoms with Crippen molar-refractivity contribution in [1.82, 2.24) is 4.90 Å². The first-order valence-electron chi connectivity index (χ1n) is 10.9. The molecule has 0 N–H and O–H groups in total. The summed E-state index contributed by atoms with van der Waals surface area (Å²) < 4.78 is 14.0. The van der Waals surface area contributed by atoms with Crippen molar-refractivity contribution in [3.63, 3.8) is 0 Å². The van der Waals surface area contributed by atoms with Crippen molar-refractivity contribution in [3.8, 4) is 0 Å². The largest absolute Gasteiger partial charge is 0.366 e. The van der Waals surface area contributed by atoms with Crippen molar-refractivity contribution in [1.29, 1.82) is 0 Å². The van der Waals surface area contributed by atoms with Crippen LogP contribution in [0.1, 0.15) is 31.9 Å². The SMILES string of the molecule is CC(C)(C)c1ccc(C=CC=C2SC(N3CCN(c4ccccc4F)CC3)=NC2=O)cc1. The number of para-hydroxylation sites is 1. The molecule has 0 bridgehead atoms. The van der Waals surface area contributed by atoms with Crippen LogP contribution in [0.25, 0.3) is 6.08 Å². The highest BCUT2D eigenvalue weighted by Gasteiger charge is 2.28. The molecule has 2 heterocycles. The second-order valence-corrected chi connectivity index (χ2v) is 10.00. The van der Waals surface area contributed by atoms with E-state index in [2.05, 4.69) is 54.9 Å². The average Bonchev–Trinajstić information content (AvgIpc) is 3.14. The summed E-state index contributed by atoms with van der Waals surface area (Å²) in [6.45, 7) is 9.39. The van der Waals surface area contributed by atoms with Crippen LogP contribution in [0.4, 0.5) is 10.1 Å². The van der Waals surface area contributed by atoms with Crippen LogP contribution in [0.2, 0.25) is 0 Å². The van der Waals surface area contributed by atoms with Gasteiger partial charge in [0.2, 0.25) is 0 Å². The standard InChI is InChI=1S/C26H28FN3OS/c1-26(2,3)20-13-11-19(12-14-20)7-6-10-23-24(31)28-25(32-23)30-17-15-29(16-18-30)22-9-5-4-8-21(22)27/h4-14H,15-18H2,1-3H3. The summed E-state index contributed by atoms with van der Waals surface area (Å²) in [6, 6.07) is 15.3. The van der Waals surface area contributed by atoms with Gasteiger partial charge in [-0.1, -0.05) is 69.3 Å². The fourth-order valence-electron chi connectivity index (χ4n) is 3.74. The van der Waals surface area contributed by atoms with Crippen molar-refractivity contribution in [2.45, 2.75) is 26.2 Å². The molecular formula is C26H28FN3OS. The van der Waals surface area contributed by atoms with Gasteiger partial charge in [-0.3, -0.25) is 4.79 Å². The third-order valence-electron chi connectivity index (χ3n) is 5.67. The lowest BCUT2D eigenvalue weighted by Crippen LogP contribution is -2.48. The third kappa shape index (κ3) is 5.13. The molecule has 166 valence electrons. The lowest BCUT2D eigenvalue weighted by atomic mass is 9.87. The Hall–Kier alpha value is -2.86. The number of benzene rings is 2. The zero-order chi connectivity index (χ0) is 22.7. The smallest absolute Gasteiger partial charge is 0.286 e. The van der Waals surface area contributed by atoms with Crippen molar-refractivity contribution in [3.05, 3.63) is 82.5 Å². The van der Waals surface area contributed by atoms with E-state index in [1.165, 1.54) is 23.4 Å². The molecule has 0 radical (unpaired) electrons. The van der Waals surface area contributed by atoms with Gasteiger partial charge in [0.1, 0.15) is 5.82 Å². The monoisotopic (exact) mass is 449 g/mol. The predicted octanol–water partition coefficient (Wildman–Crippen LogP) is 5.47. The Labute approximate surface area is 193 Å². The topological polar surface area (TPSA) is 35.9 Å². The number of aliphatic imine (C=N–C) groups is 1. The third-order valence-corrected chi connectivity index (χ3v) is 6.73. The molecule has 0 aromatic heterocycles. The van der Waals surface area contributed by atoms with Crippen molar-refractivity contribution >= 4 is 34.6 Å². The number of nitrogens with zero attached hydrogens (tertiary/aromatic N) is 3. The first-order chi connectivity index (χ1) is 15.3. The Balaban J connectivity index is 1.34. The highest BCUT2D eigenvalue weighted by molar-refractivity contribution is 8.18. The Morgan fingerprint density at radius 3 is 2.28 bits per heavy atom. The van der Waals surface area contributed by atoms with Gasteiger partial charge in [0.15, 0.2) is 5.17 Å². The number of rotatable bonds is 3. The minimum atomic E-state index is -0.200. The van der Waals surface area contributed by atoms with Crippen molar-refractivity contribution < 1.29 is 9.18 Å². The minimum Gasteiger partial charge on any atom is -0.366 e. The Morgan fingerprint density at radius 1 is 0.969 bits per heavy atom. The maximum Gasteiger partial charge on any atom is 0.286 e. The summed E-state index contributed by atoms with van der Waals surface area (Å²) in [5.74, 6) is -0.400. The molecule has 0 spiro atoms. The normalized spacial score (nSPS) is 18.7. The highest BCUT2D eigenvalue weighted by Crippen LogP contribution is 2.30. The van der Waals surface area contributed by atoms with Gasteiger partial charge >= 0.3 is 0 Å². The van der Waals surface area contributed by atoms with E-state index in [-0.39, 0.29) is 17.1 Å². The summed E-state index contributed by atoms with van der Waals surface area (Å²) in [5, 5.41) is 0.734. The van der Waals surface area contributed by atoms with Crippen molar-refractivity contribution in [2.75, 3.05) is 31.1 Å². The van der Waals surface area contributed by atoms with Gasteiger partial charge in [-0.2, -0.15) is 4.99 Å². The van der Waals surface area contributed by atoms with Gasteiger partial charge in [0, 0.05) is 26.2 Å². The molecule has 1 amide bonds. The van der Waals surface area contributed by atoms with Gasteiger partial charge in [-0.25, -0.2) is 4.39 Å². The van der Waals surface area contributed by atoms with Crippen LogP contribution in [0.15, 0.2) is 70.6 Å². The molecule has 4 rings (SSSR count). The van der Waals surface area contributed by atoms with E-state index in [1.807, 2.05) is 29.2 Å². The number of carbonyl (C=O) groups excluding carboxylic acids is 1. The molecule has 1 fully saturated rings. The Kier molecular flexibility index (Phi) is 6.51. The van der Waals surface area contributed by atoms with Crippen LogP contribution in [-0.4, -0.2) is 42.2 Å². The number of amidine groups is 1. The van der Waals surface area contributed by atoms with Crippen LogP contribution in [0.5, 0.6) is 0 Å². The number of amides is 1. The van der Waals surface area contributed by atoms with Gasteiger partial charge in [0.05, 0.1) is 10.6 Å². The molecule has 0 aliphatic carbocycles. The van der Waals surface area contributed by atoms with Crippen LogP contribution >= 0.6 is 11.8 Å². The highest BCUT2D eigenvalue weighted by atomic mass is 32.2. The molecule has 2 aliphatic rings. The minimum absolute atomic E-state index is 0.131. The van der Waals surface area contributed by atoms with Crippen molar-refractivity contribution in [2.24, 2.45) is 4.99 Å². The Bertz CT molecular complexity index is 1070. The quantitative estimate of drug-likeness (QED) is 0.582. The number of halogens is 1. The number of hydrogen-bond donors (Lipinski definition) is 0. The van der Waals surface area contributed by atoms with Crippen LogP contribution in [-0.2, 0) is 10.2 Å². The fraction of sp³-hybridized carbons (Fsp3) is 0.308. The first-order valence-corrected chi connectivity index (χ1v) is 11.7. The summed E-state index contributed by atoms with van der Waals surface area (Å²) in [5.41, 5.74) is 3.15. The molecule has 1 saturated heterocycles. The fourth-order valence-corrected chi connectivity index (χ4v) is 4.65. The van der Waals surface area contributed by atoms with E-state index < -0.39 is 0 Å². The summed E-state index contributed by atoms with van der Waals surface area (Å²) in [6.07, 6.45) is 5.73. The van der Waals surface area contributed by atoms with Gasteiger partial charge in [0.25, 0.3) is 5.91 Å². The number of hydrogen-bond acceptors (Lipinski definition) is 4.